The van der Waals surface area contributed by atoms with E-state index in [2.05, 4.69) is 10.6 Å². The smallest absolute Gasteiger partial charge is 0.243 e. The van der Waals surface area contributed by atoms with Crippen LogP contribution in [0.2, 0.25) is 0 Å². The zero-order valence-corrected chi connectivity index (χ0v) is 17.9. The van der Waals surface area contributed by atoms with Crippen LogP contribution in [0.1, 0.15) is 12.8 Å². The molecule has 0 aliphatic carbocycles. The summed E-state index contributed by atoms with van der Waals surface area (Å²) in [5.74, 6) is -1.46. The van der Waals surface area contributed by atoms with Gasteiger partial charge in [0, 0.05) is 25.0 Å². The summed E-state index contributed by atoms with van der Waals surface area (Å²) in [6, 6.07) is 9.65. The quantitative estimate of drug-likeness (QED) is 0.661. The number of halogens is 1. The van der Waals surface area contributed by atoms with Crippen LogP contribution in [0.15, 0.2) is 52.3 Å². The van der Waals surface area contributed by atoms with Crippen molar-refractivity contribution < 1.29 is 26.0 Å². The van der Waals surface area contributed by atoms with Crippen LogP contribution in [0.5, 0.6) is 0 Å². The van der Waals surface area contributed by atoms with E-state index >= 15 is 0 Å². The first-order chi connectivity index (χ1) is 14.1. The Balaban J connectivity index is 1.62. The summed E-state index contributed by atoms with van der Waals surface area (Å²) in [7, 11) is -7.27. The molecule has 30 heavy (non-hydrogen) atoms. The number of anilines is 2. The van der Waals surface area contributed by atoms with E-state index in [1.807, 2.05) is 0 Å². The highest BCUT2D eigenvalue weighted by Crippen LogP contribution is 2.23. The summed E-state index contributed by atoms with van der Waals surface area (Å²) in [5.41, 5.74) is 0.271. The number of nitrogens with zero attached hydrogens (tertiary/aromatic N) is 1. The molecule has 0 spiro atoms. The molecule has 1 aliphatic rings. The van der Waals surface area contributed by atoms with Crippen molar-refractivity contribution in [3.63, 3.8) is 0 Å². The molecule has 0 unspecified atom stereocenters. The van der Waals surface area contributed by atoms with Gasteiger partial charge in [-0.25, -0.2) is 21.2 Å². The van der Waals surface area contributed by atoms with Gasteiger partial charge < -0.3 is 10.6 Å². The van der Waals surface area contributed by atoms with Crippen LogP contribution in [-0.4, -0.2) is 52.9 Å². The molecule has 2 N–H and O–H groups in total. The van der Waals surface area contributed by atoms with Crippen LogP contribution in [0, 0.1) is 5.82 Å². The summed E-state index contributed by atoms with van der Waals surface area (Å²) in [5, 5.41) is 5.14. The van der Waals surface area contributed by atoms with Gasteiger partial charge in [0.05, 0.1) is 17.1 Å². The number of carbonyl (C=O) groups excluding carboxylic acids is 1. The number of sulfone groups is 1. The second-order valence-electron chi connectivity index (χ2n) is 6.93. The third kappa shape index (κ3) is 4.97. The van der Waals surface area contributed by atoms with Gasteiger partial charge >= 0.3 is 0 Å². The molecule has 1 saturated heterocycles. The maximum Gasteiger partial charge on any atom is 0.243 e. The lowest BCUT2D eigenvalue weighted by Gasteiger charge is -2.15. The maximum atomic E-state index is 14.3. The van der Waals surface area contributed by atoms with Crippen molar-refractivity contribution in [1.82, 2.24) is 4.31 Å². The van der Waals surface area contributed by atoms with Gasteiger partial charge in [-0.15, -0.1) is 0 Å². The number of amides is 1. The Morgan fingerprint density at radius 3 is 2.27 bits per heavy atom. The third-order valence-corrected chi connectivity index (χ3v) is 7.67. The SMILES string of the molecule is CS(=O)(=O)c1cccc(NCC(=O)Nc2ccc(S(=O)(=O)N3CCCC3)cc2)c1F. The number of hydrogen-bond acceptors (Lipinski definition) is 6. The van der Waals surface area contributed by atoms with Gasteiger partial charge in [-0.3, -0.25) is 4.79 Å². The van der Waals surface area contributed by atoms with Crippen LogP contribution >= 0.6 is 0 Å². The van der Waals surface area contributed by atoms with E-state index in [4.69, 9.17) is 0 Å². The Morgan fingerprint density at radius 1 is 1.03 bits per heavy atom. The molecular formula is C19H22FN3O5S2. The standard InChI is InChI=1S/C19H22FN3O5S2/c1-29(25,26)17-6-4-5-16(19(17)20)21-13-18(24)22-14-7-9-15(10-8-14)30(27,28)23-11-2-3-12-23/h4-10,21H,2-3,11-13H2,1H3,(H,22,24). The average molecular weight is 456 g/mol. The van der Waals surface area contributed by atoms with Crippen molar-refractivity contribution in [2.75, 3.05) is 36.5 Å². The van der Waals surface area contributed by atoms with Gasteiger partial charge in [-0.05, 0) is 49.2 Å². The van der Waals surface area contributed by atoms with E-state index in [1.54, 1.807) is 0 Å². The zero-order chi connectivity index (χ0) is 21.9. The Kier molecular flexibility index (Phi) is 6.44. The highest BCUT2D eigenvalue weighted by Gasteiger charge is 2.27. The van der Waals surface area contributed by atoms with E-state index in [0.29, 0.717) is 18.8 Å². The molecule has 11 heteroatoms. The monoisotopic (exact) mass is 455 g/mol. The first kappa shape index (κ1) is 22.2. The summed E-state index contributed by atoms with van der Waals surface area (Å²) >= 11 is 0. The molecule has 0 saturated carbocycles. The Morgan fingerprint density at radius 2 is 1.67 bits per heavy atom. The molecule has 1 heterocycles. The van der Waals surface area contributed by atoms with Gasteiger partial charge in [0.15, 0.2) is 15.7 Å². The molecule has 162 valence electrons. The molecule has 1 fully saturated rings. The Labute approximate surface area is 175 Å². The predicted molar refractivity (Wildman–Crippen MR) is 111 cm³/mol. The molecule has 8 nitrogen and oxygen atoms in total. The number of carbonyl (C=O) groups is 1. The van der Waals surface area contributed by atoms with Crippen LogP contribution in [0.3, 0.4) is 0 Å². The lowest BCUT2D eigenvalue weighted by molar-refractivity contribution is -0.114. The highest BCUT2D eigenvalue weighted by atomic mass is 32.2. The van der Waals surface area contributed by atoms with E-state index < -0.39 is 36.5 Å². The predicted octanol–water partition coefficient (Wildman–Crippen LogP) is 2.06. The second kappa shape index (κ2) is 8.70. The van der Waals surface area contributed by atoms with Crippen molar-refractivity contribution in [3.05, 3.63) is 48.3 Å². The number of benzene rings is 2. The summed E-state index contributed by atoms with van der Waals surface area (Å²) in [6.07, 6.45) is 2.58. The van der Waals surface area contributed by atoms with Crippen molar-refractivity contribution in [2.45, 2.75) is 22.6 Å². The van der Waals surface area contributed by atoms with Crippen molar-refractivity contribution in [3.8, 4) is 0 Å². The highest BCUT2D eigenvalue weighted by molar-refractivity contribution is 7.90. The first-order valence-electron chi connectivity index (χ1n) is 9.21. The van der Waals surface area contributed by atoms with Crippen molar-refractivity contribution in [2.24, 2.45) is 0 Å². The van der Waals surface area contributed by atoms with Crippen LogP contribution in [-0.2, 0) is 24.7 Å². The molecule has 1 amide bonds. The maximum absolute atomic E-state index is 14.3. The third-order valence-electron chi connectivity index (χ3n) is 4.64. The van der Waals surface area contributed by atoms with Crippen molar-refractivity contribution in [1.29, 1.82) is 0 Å². The Hall–Kier alpha value is -2.50. The molecular weight excluding hydrogens is 433 g/mol. The van der Waals surface area contributed by atoms with E-state index in [0.717, 1.165) is 25.2 Å². The number of nitrogens with one attached hydrogen (secondary N) is 2. The fourth-order valence-corrected chi connectivity index (χ4v) is 5.38. The summed E-state index contributed by atoms with van der Waals surface area (Å²) in [4.78, 5) is 11.8. The van der Waals surface area contributed by atoms with E-state index in [9.17, 15) is 26.0 Å². The van der Waals surface area contributed by atoms with Gasteiger partial charge in [0.2, 0.25) is 15.9 Å². The van der Waals surface area contributed by atoms with Gasteiger partial charge in [-0.1, -0.05) is 6.07 Å². The number of sulfonamides is 1. The fraction of sp³-hybridized carbons (Fsp3) is 0.316. The number of rotatable bonds is 7. The lowest BCUT2D eigenvalue weighted by Crippen LogP contribution is -2.27. The normalized spacial score (nSPS) is 15.1. The van der Waals surface area contributed by atoms with Crippen LogP contribution in [0.25, 0.3) is 0 Å². The fourth-order valence-electron chi connectivity index (χ4n) is 3.10. The molecule has 0 radical (unpaired) electrons. The van der Waals surface area contributed by atoms with Crippen LogP contribution < -0.4 is 10.6 Å². The first-order valence-corrected chi connectivity index (χ1v) is 12.5. The molecule has 2 aromatic carbocycles. The molecule has 3 rings (SSSR count). The van der Waals surface area contributed by atoms with E-state index in [-0.39, 0.29) is 17.1 Å². The number of hydrogen-bond donors (Lipinski definition) is 2. The van der Waals surface area contributed by atoms with Crippen molar-refractivity contribution >= 4 is 37.1 Å². The lowest BCUT2D eigenvalue weighted by atomic mass is 10.3. The van der Waals surface area contributed by atoms with Crippen LogP contribution in [0.4, 0.5) is 15.8 Å². The molecule has 0 aromatic heterocycles. The minimum absolute atomic E-state index is 0.111. The van der Waals surface area contributed by atoms with Gasteiger partial charge in [0.1, 0.15) is 4.90 Å². The minimum atomic E-state index is -3.73. The largest absolute Gasteiger partial charge is 0.374 e. The minimum Gasteiger partial charge on any atom is -0.374 e. The second-order valence-corrected chi connectivity index (χ2v) is 10.8. The van der Waals surface area contributed by atoms with E-state index in [1.165, 1.54) is 40.7 Å². The summed E-state index contributed by atoms with van der Waals surface area (Å²) < 4.78 is 63.9. The summed E-state index contributed by atoms with van der Waals surface area (Å²) in [6.45, 7) is 0.700. The topological polar surface area (TPSA) is 113 Å². The van der Waals surface area contributed by atoms with Gasteiger partial charge in [0.25, 0.3) is 0 Å². The zero-order valence-electron chi connectivity index (χ0n) is 16.3. The molecule has 1 aliphatic heterocycles. The van der Waals surface area contributed by atoms with Gasteiger partial charge in [-0.2, -0.15) is 4.31 Å². The Bertz CT molecular complexity index is 1140. The molecule has 2 aromatic rings. The average Bonchev–Trinajstić information content (AvgIpc) is 3.22. The molecule has 0 bridgehead atoms. The molecule has 0 atom stereocenters.